The Hall–Kier alpha value is -1.72. The van der Waals surface area contributed by atoms with E-state index in [0.29, 0.717) is 10.6 Å². The Morgan fingerprint density at radius 3 is 2.41 bits per heavy atom. The molecule has 0 aliphatic heterocycles. The highest BCUT2D eigenvalue weighted by atomic mass is 35.5. The van der Waals surface area contributed by atoms with Gasteiger partial charge in [-0.1, -0.05) is 73.5 Å². The van der Waals surface area contributed by atoms with E-state index in [9.17, 15) is 13.6 Å². The molecule has 0 radical (unpaired) electrons. The minimum absolute atomic E-state index is 0.183. The highest BCUT2D eigenvalue weighted by Crippen LogP contribution is 2.44. The molecule has 0 saturated carbocycles. The molecule has 3 nitrogen and oxygen atoms in total. The smallest absolute Gasteiger partial charge is 0.181 e. The van der Waals surface area contributed by atoms with Crippen LogP contribution in [-0.2, 0) is 15.9 Å². The van der Waals surface area contributed by atoms with Crippen molar-refractivity contribution in [2.24, 2.45) is 5.41 Å². The van der Waals surface area contributed by atoms with Crippen LogP contribution in [-0.4, -0.2) is 14.5 Å². The lowest BCUT2D eigenvalue weighted by Gasteiger charge is -2.21. The average molecular weight is 420 g/mol. The topological polar surface area (TPSA) is 57.2 Å². The molecule has 1 aliphatic rings. The minimum atomic E-state index is -2.69. The van der Waals surface area contributed by atoms with E-state index >= 15 is 0 Å². The molecular formula is C21H17Cl2O3S-. The van der Waals surface area contributed by atoms with E-state index in [1.54, 1.807) is 18.2 Å². The number of rotatable bonds is 5. The van der Waals surface area contributed by atoms with Crippen molar-refractivity contribution in [2.75, 3.05) is 0 Å². The zero-order chi connectivity index (χ0) is 19.8. The fourth-order valence-corrected chi connectivity index (χ4v) is 4.45. The number of halogens is 2. The van der Waals surface area contributed by atoms with Gasteiger partial charge in [0.15, 0.2) is 5.78 Å². The van der Waals surface area contributed by atoms with E-state index in [-0.39, 0.29) is 10.6 Å². The standard InChI is InChI=1S/C21H18Cl2O3S/c1-21(2)12-14(10-17(21)13-6-4-3-5-7-13)19(24)20(27(25)26)16-11-15(22)8-9-18(16)23/h3-12,20H,1-2H3,(H,25,26)/p-1. The van der Waals surface area contributed by atoms with Gasteiger partial charge in [-0.05, 0) is 52.1 Å². The largest absolute Gasteiger partial charge is 0.772 e. The molecule has 140 valence electrons. The van der Waals surface area contributed by atoms with Crippen molar-refractivity contribution in [3.63, 3.8) is 0 Å². The van der Waals surface area contributed by atoms with Crippen molar-refractivity contribution in [3.05, 3.63) is 87.4 Å². The number of carbonyl (C=O) groups excluding carboxylic acids is 1. The number of hydrogen-bond donors (Lipinski definition) is 0. The first-order valence-electron chi connectivity index (χ1n) is 8.28. The van der Waals surface area contributed by atoms with E-state index in [2.05, 4.69) is 0 Å². The minimum Gasteiger partial charge on any atom is -0.772 e. The quantitative estimate of drug-likeness (QED) is 0.598. The molecule has 0 fully saturated rings. The van der Waals surface area contributed by atoms with Crippen LogP contribution >= 0.6 is 23.2 Å². The molecule has 0 heterocycles. The first kappa shape index (κ1) is 20.0. The molecule has 3 rings (SSSR count). The Morgan fingerprint density at radius 1 is 1.11 bits per heavy atom. The maximum Gasteiger partial charge on any atom is 0.181 e. The fourth-order valence-electron chi connectivity index (χ4n) is 3.26. The van der Waals surface area contributed by atoms with Crippen LogP contribution in [0.2, 0.25) is 10.0 Å². The van der Waals surface area contributed by atoms with E-state index in [1.165, 1.54) is 12.1 Å². The second-order valence-corrected chi connectivity index (χ2v) is 8.75. The number of benzene rings is 2. The van der Waals surface area contributed by atoms with Crippen LogP contribution in [0.1, 0.15) is 30.2 Å². The second-order valence-electron chi connectivity index (χ2n) is 6.92. The summed E-state index contributed by atoms with van der Waals surface area (Å²) in [5, 5.41) is -0.907. The fraction of sp³-hybridized carbons (Fsp3) is 0.190. The van der Waals surface area contributed by atoms with Gasteiger partial charge in [-0.25, -0.2) is 0 Å². The normalized spacial score (nSPS) is 17.8. The predicted molar refractivity (Wildman–Crippen MR) is 109 cm³/mol. The van der Waals surface area contributed by atoms with Gasteiger partial charge in [0.25, 0.3) is 0 Å². The van der Waals surface area contributed by atoms with Crippen LogP contribution in [0.15, 0.2) is 66.3 Å². The van der Waals surface area contributed by atoms with Gasteiger partial charge >= 0.3 is 0 Å². The highest BCUT2D eigenvalue weighted by molar-refractivity contribution is 7.80. The number of Topliss-reactive ketones (excluding diaryl/α,β-unsaturated/α-hetero) is 1. The molecule has 1 aliphatic carbocycles. The van der Waals surface area contributed by atoms with Crippen LogP contribution in [0, 0.1) is 5.41 Å². The summed E-state index contributed by atoms with van der Waals surface area (Å²) >= 11 is 9.44. The van der Waals surface area contributed by atoms with Gasteiger partial charge in [0, 0.05) is 21.0 Å². The summed E-state index contributed by atoms with van der Waals surface area (Å²) in [7, 11) is 0. The Labute approximate surface area is 171 Å². The van der Waals surface area contributed by atoms with Gasteiger partial charge in [0.05, 0.1) is 0 Å². The summed E-state index contributed by atoms with van der Waals surface area (Å²) in [6, 6.07) is 14.2. The summed E-state index contributed by atoms with van der Waals surface area (Å²) in [6.45, 7) is 3.98. The monoisotopic (exact) mass is 419 g/mol. The van der Waals surface area contributed by atoms with Crippen LogP contribution < -0.4 is 0 Å². The molecule has 0 spiro atoms. The van der Waals surface area contributed by atoms with Gasteiger partial charge < -0.3 is 4.55 Å². The Kier molecular flexibility index (Phi) is 5.73. The molecule has 0 N–H and O–H groups in total. The molecule has 27 heavy (non-hydrogen) atoms. The third kappa shape index (κ3) is 4.09. The Bertz CT molecular complexity index is 978. The predicted octanol–water partition coefficient (Wildman–Crippen LogP) is 5.53. The molecule has 2 unspecified atom stereocenters. The van der Waals surface area contributed by atoms with Gasteiger partial charge in [-0.2, -0.15) is 0 Å². The molecule has 6 heteroatoms. The van der Waals surface area contributed by atoms with Gasteiger partial charge in [-0.15, -0.1) is 0 Å². The SMILES string of the molecule is CC1(C)C=C(C(=O)C(c2cc(Cl)ccc2Cl)S(=O)[O-])C=C1c1ccccc1. The van der Waals surface area contributed by atoms with Crippen LogP contribution in [0.5, 0.6) is 0 Å². The van der Waals surface area contributed by atoms with Crippen LogP contribution in [0.4, 0.5) is 0 Å². The number of allylic oxidation sites excluding steroid dienone is 4. The average Bonchev–Trinajstić information content (AvgIpc) is 2.94. The first-order chi connectivity index (χ1) is 12.7. The zero-order valence-corrected chi connectivity index (χ0v) is 17.1. The summed E-state index contributed by atoms with van der Waals surface area (Å²) in [4.78, 5) is 13.1. The maximum absolute atomic E-state index is 13.1. The third-order valence-electron chi connectivity index (χ3n) is 4.55. The van der Waals surface area contributed by atoms with Crippen molar-refractivity contribution in [1.82, 2.24) is 0 Å². The molecule has 0 aromatic heterocycles. The number of carbonyl (C=O) groups is 1. The molecule has 2 aromatic carbocycles. The zero-order valence-electron chi connectivity index (χ0n) is 14.7. The third-order valence-corrected chi connectivity index (χ3v) is 5.98. The van der Waals surface area contributed by atoms with Crippen molar-refractivity contribution < 1.29 is 13.6 Å². The van der Waals surface area contributed by atoms with E-state index in [1.807, 2.05) is 44.2 Å². The number of ketones is 1. The molecule has 0 bridgehead atoms. The highest BCUT2D eigenvalue weighted by Gasteiger charge is 2.34. The molecule has 0 saturated heterocycles. The van der Waals surface area contributed by atoms with Gasteiger partial charge in [0.1, 0.15) is 5.25 Å². The van der Waals surface area contributed by atoms with Crippen molar-refractivity contribution in [1.29, 1.82) is 0 Å². The van der Waals surface area contributed by atoms with Crippen LogP contribution in [0.25, 0.3) is 5.57 Å². The lowest BCUT2D eigenvalue weighted by Crippen LogP contribution is -2.19. The van der Waals surface area contributed by atoms with E-state index < -0.39 is 27.5 Å². The van der Waals surface area contributed by atoms with Crippen molar-refractivity contribution in [2.45, 2.75) is 19.1 Å². The first-order valence-corrected chi connectivity index (χ1v) is 10.2. The maximum atomic E-state index is 13.1. The molecule has 0 amide bonds. The Balaban J connectivity index is 2.04. The summed E-state index contributed by atoms with van der Waals surface area (Å²) < 4.78 is 23.8. The van der Waals surface area contributed by atoms with Gasteiger partial charge in [-0.3, -0.25) is 9.00 Å². The second kappa shape index (κ2) is 7.72. The molecule has 2 atom stereocenters. The van der Waals surface area contributed by atoms with Crippen molar-refractivity contribution >= 4 is 45.6 Å². The lowest BCUT2D eigenvalue weighted by atomic mass is 9.83. The van der Waals surface area contributed by atoms with Gasteiger partial charge in [0.2, 0.25) is 0 Å². The summed E-state index contributed by atoms with van der Waals surface area (Å²) in [6.07, 6.45) is 3.56. The van der Waals surface area contributed by atoms with Crippen LogP contribution in [0.3, 0.4) is 0 Å². The van der Waals surface area contributed by atoms with Crippen molar-refractivity contribution in [3.8, 4) is 0 Å². The van der Waals surface area contributed by atoms with E-state index in [0.717, 1.165) is 11.1 Å². The summed E-state index contributed by atoms with van der Waals surface area (Å²) in [5.41, 5.74) is 2.08. The molecule has 2 aromatic rings. The molecular weight excluding hydrogens is 403 g/mol. The summed E-state index contributed by atoms with van der Waals surface area (Å²) in [5.74, 6) is -0.522. The van der Waals surface area contributed by atoms with E-state index in [4.69, 9.17) is 23.2 Å². The number of hydrogen-bond acceptors (Lipinski definition) is 3. The Morgan fingerprint density at radius 2 is 1.78 bits per heavy atom. The lowest BCUT2D eigenvalue weighted by molar-refractivity contribution is -0.115.